The highest BCUT2D eigenvalue weighted by atomic mass is 32.2. The summed E-state index contributed by atoms with van der Waals surface area (Å²) in [5.41, 5.74) is 1.32. The third-order valence-corrected chi connectivity index (χ3v) is 5.15. The smallest absolute Gasteiger partial charge is 0.247 e. The van der Waals surface area contributed by atoms with Gasteiger partial charge >= 0.3 is 0 Å². The van der Waals surface area contributed by atoms with Crippen LogP contribution in [0.2, 0.25) is 0 Å². The Labute approximate surface area is 163 Å². The number of benzene rings is 1. The predicted molar refractivity (Wildman–Crippen MR) is 106 cm³/mol. The summed E-state index contributed by atoms with van der Waals surface area (Å²) in [6.07, 6.45) is 6.50. The number of nitrogens with zero attached hydrogens (tertiary/aromatic N) is 5. The lowest BCUT2D eigenvalue weighted by Gasteiger charge is -2.06. The van der Waals surface area contributed by atoms with Gasteiger partial charge in [-0.15, -0.1) is 5.10 Å². The number of nitrogens with one attached hydrogen (secondary N) is 1. The lowest BCUT2D eigenvalue weighted by Crippen LogP contribution is -1.96. The molecule has 0 spiro atoms. The molecule has 3 heterocycles. The van der Waals surface area contributed by atoms with Gasteiger partial charge in [0, 0.05) is 26.6 Å². The summed E-state index contributed by atoms with van der Waals surface area (Å²) in [4.78, 5) is 4.71. The van der Waals surface area contributed by atoms with E-state index in [0.29, 0.717) is 23.1 Å². The van der Waals surface area contributed by atoms with Crippen LogP contribution in [0.4, 0.5) is 11.6 Å². The largest absolute Gasteiger partial charge is 0.453 e. The van der Waals surface area contributed by atoms with Crippen molar-refractivity contribution in [3.63, 3.8) is 0 Å². The number of aromatic nitrogens is 5. The fourth-order valence-corrected chi connectivity index (χ4v) is 3.26. The van der Waals surface area contributed by atoms with Gasteiger partial charge in [-0.05, 0) is 43.3 Å². The van der Waals surface area contributed by atoms with Crippen molar-refractivity contribution < 1.29 is 14.6 Å². The molecule has 0 bridgehead atoms. The average Bonchev–Trinajstić information content (AvgIpc) is 3.28. The average molecular weight is 400 g/mol. The van der Waals surface area contributed by atoms with Gasteiger partial charge in [-0.25, -0.2) is 12.9 Å². The highest BCUT2D eigenvalue weighted by Crippen LogP contribution is 2.27. The van der Waals surface area contributed by atoms with Crippen molar-refractivity contribution in [3.8, 4) is 11.5 Å². The topological polar surface area (TPSA) is 103 Å². The quantitative estimate of drug-likeness (QED) is 0.530. The second kappa shape index (κ2) is 6.97. The third kappa shape index (κ3) is 3.67. The summed E-state index contributed by atoms with van der Waals surface area (Å²) in [5, 5.41) is 11.7. The fraction of sp³-hybridized carbons (Fsp3) is 0.167. The molecule has 0 radical (unpaired) electrons. The second-order valence-electron chi connectivity index (χ2n) is 6.13. The highest BCUT2D eigenvalue weighted by Gasteiger charge is 2.12. The van der Waals surface area contributed by atoms with E-state index in [1.165, 1.54) is 18.4 Å². The first-order valence-corrected chi connectivity index (χ1v) is 10.4. The Bertz CT molecular complexity index is 1230. The summed E-state index contributed by atoms with van der Waals surface area (Å²) in [6.45, 7) is 2.78. The van der Waals surface area contributed by atoms with Crippen LogP contribution in [-0.4, -0.2) is 39.1 Å². The molecule has 0 unspecified atom stereocenters. The number of rotatable bonds is 6. The van der Waals surface area contributed by atoms with E-state index in [2.05, 4.69) is 20.5 Å². The highest BCUT2D eigenvalue weighted by molar-refractivity contribution is 7.90. The molecule has 0 aliphatic rings. The Morgan fingerprint density at radius 2 is 2.00 bits per heavy atom. The van der Waals surface area contributed by atoms with Crippen LogP contribution in [0, 0.1) is 0 Å². The van der Waals surface area contributed by atoms with E-state index in [9.17, 15) is 8.42 Å². The van der Waals surface area contributed by atoms with E-state index < -0.39 is 9.84 Å². The van der Waals surface area contributed by atoms with E-state index in [4.69, 9.17) is 4.74 Å². The van der Waals surface area contributed by atoms with Crippen molar-refractivity contribution in [2.75, 3.05) is 11.6 Å². The number of fused-ring (bicyclic) bond motifs is 1. The van der Waals surface area contributed by atoms with Gasteiger partial charge in [-0.3, -0.25) is 4.68 Å². The molecule has 1 N–H and O–H groups in total. The van der Waals surface area contributed by atoms with Crippen LogP contribution in [0.3, 0.4) is 0 Å². The Balaban J connectivity index is 0.00000240. The molecule has 0 saturated heterocycles. The van der Waals surface area contributed by atoms with Gasteiger partial charge in [0.25, 0.3) is 0 Å². The molecule has 10 heteroatoms. The molecule has 0 fully saturated rings. The number of hydrogen-bond donors (Lipinski definition) is 1. The first-order valence-electron chi connectivity index (χ1n) is 8.55. The zero-order valence-electron chi connectivity index (χ0n) is 15.3. The van der Waals surface area contributed by atoms with E-state index in [1.807, 2.05) is 13.1 Å². The Hall–Kier alpha value is -3.40. The lowest BCUT2D eigenvalue weighted by molar-refractivity contribution is 0.483. The minimum Gasteiger partial charge on any atom is -0.453 e. The van der Waals surface area contributed by atoms with Crippen LogP contribution >= 0.6 is 0 Å². The van der Waals surface area contributed by atoms with Crippen LogP contribution < -0.4 is 10.1 Å². The predicted octanol–water partition coefficient (Wildman–Crippen LogP) is 3.13. The monoisotopic (exact) mass is 400 g/mol. The lowest BCUT2D eigenvalue weighted by atomic mass is 10.3. The summed E-state index contributed by atoms with van der Waals surface area (Å²) >= 11 is 0. The summed E-state index contributed by atoms with van der Waals surface area (Å²) in [5.74, 6) is 1.42. The van der Waals surface area contributed by atoms with Gasteiger partial charge in [0.1, 0.15) is 5.75 Å². The Morgan fingerprint density at radius 3 is 2.68 bits per heavy atom. The molecular formula is C18H20N6O3S. The number of sulfone groups is 1. The van der Waals surface area contributed by atoms with Crippen LogP contribution in [0.1, 0.15) is 8.35 Å². The van der Waals surface area contributed by atoms with Gasteiger partial charge in [-0.2, -0.15) is 10.1 Å². The van der Waals surface area contributed by atoms with Crippen molar-refractivity contribution >= 4 is 27.1 Å². The van der Waals surface area contributed by atoms with Crippen molar-refractivity contribution in [3.05, 3.63) is 55.0 Å². The van der Waals surface area contributed by atoms with Crippen molar-refractivity contribution in [1.29, 1.82) is 0 Å². The number of ether oxygens (including phenoxy) is 1. The van der Waals surface area contributed by atoms with Crippen molar-refractivity contribution in [2.24, 2.45) is 0 Å². The first kappa shape index (κ1) is 18.0. The number of aryl methyl sites for hydroxylation is 1. The molecule has 0 saturated carbocycles. The maximum absolute atomic E-state index is 11.6. The van der Waals surface area contributed by atoms with Crippen LogP contribution in [0.25, 0.3) is 5.65 Å². The maximum atomic E-state index is 11.6. The number of hydrogen-bond acceptors (Lipinski definition) is 7. The zero-order chi connectivity index (χ0) is 19.7. The zero-order valence-corrected chi connectivity index (χ0v) is 16.1. The van der Waals surface area contributed by atoms with Gasteiger partial charge in [0.05, 0.1) is 16.8 Å². The van der Waals surface area contributed by atoms with Crippen LogP contribution in [0.5, 0.6) is 11.5 Å². The summed E-state index contributed by atoms with van der Waals surface area (Å²) in [6, 6.07) is 9.79. The SMILES string of the molecule is CCn1cc(Nc2nc3c(Oc4ccc(S(C)(=O)=O)cc4)cccn3n2)cn1.[HH]. The normalized spacial score (nSPS) is 11.6. The molecule has 4 rings (SSSR count). The molecule has 0 amide bonds. The molecule has 28 heavy (non-hydrogen) atoms. The van der Waals surface area contributed by atoms with E-state index in [0.717, 1.165) is 12.2 Å². The number of anilines is 2. The van der Waals surface area contributed by atoms with E-state index in [-0.39, 0.29) is 6.32 Å². The summed E-state index contributed by atoms with van der Waals surface area (Å²) < 4.78 is 32.4. The molecule has 1 aromatic carbocycles. The number of pyridine rings is 1. The van der Waals surface area contributed by atoms with Crippen molar-refractivity contribution in [2.45, 2.75) is 18.4 Å². The molecule has 146 valence electrons. The molecule has 4 aromatic rings. The standard InChI is InChI=1S/C18H18N6O3S.H2/c1-3-23-12-13(11-19-23)20-18-21-17-16(5-4-10-24(17)22-18)27-14-6-8-15(9-7-14)28(2,25)26;/h4-12H,3H2,1-2H3,(H,20,22);1H. The minimum absolute atomic E-state index is 0. The Morgan fingerprint density at radius 1 is 1.21 bits per heavy atom. The van der Waals surface area contributed by atoms with Gasteiger partial charge < -0.3 is 10.1 Å². The van der Waals surface area contributed by atoms with Gasteiger partial charge in [0.15, 0.2) is 21.2 Å². The fourth-order valence-electron chi connectivity index (χ4n) is 2.63. The Kier molecular flexibility index (Phi) is 4.47. The van der Waals surface area contributed by atoms with Gasteiger partial charge in [0.2, 0.25) is 5.95 Å². The van der Waals surface area contributed by atoms with E-state index >= 15 is 0 Å². The third-order valence-electron chi connectivity index (χ3n) is 4.02. The molecular weight excluding hydrogens is 380 g/mol. The summed E-state index contributed by atoms with van der Waals surface area (Å²) in [7, 11) is -3.25. The maximum Gasteiger partial charge on any atom is 0.247 e. The first-order chi connectivity index (χ1) is 13.4. The minimum atomic E-state index is -3.25. The molecule has 9 nitrogen and oxygen atoms in total. The molecule has 0 atom stereocenters. The van der Waals surface area contributed by atoms with Gasteiger partial charge in [-0.1, -0.05) is 0 Å². The van der Waals surface area contributed by atoms with Crippen LogP contribution in [-0.2, 0) is 16.4 Å². The van der Waals surface area contributed by atoms with E-state index in [1.54, 1.807) is 45.9 Å². The molecule has 0 aliphatic carbocycles. The second-order valence-corrected chi connectivity index (χ2v) is 8.15. The van der Waals surface area contributed by atoms with Crippen molar-refractivity contribution in [1.82, 2.24) is 24.4 Å². The molecule has 3 aromatic heterocycles. The molecule has 0 aliphatic heterocycles. The van der Waals surface area contributed by atoms with Crippen LogP contribution in [0.15, 0.2) is 59.9 Å².